The Balaban J connectivity index is 1.54. The van der Waals surface area contributed by atoms with Crippen LogP contribution in [0, 0.1) is 0 Å². The minimum absolute atomic E-state index is 0.782. The van der Waals surface area contributed by atoms with E-state index in [9.17, 15) is 0 Å². The van der Waals surface area contributed by atoms with Crippen molar-refractivity contribution >= 4 is 35.3 Å². The Hall–Kier alpha value is -1.65. The predicted octanol–water partition coefficient (Wildman–Crippen LogP) is 4.22. The summed E-state index contributed by atoms with van der Waals surface area (Å²) in [4.78, 5) is 3.65. The number of halogens is 1. The molecule has 0 saturated carbocycles. The van der Waals surface area contributed by atoms with Crippen LogP contribution in [0.2, 0.25) is 5.02 Å². The zero-order valence-electron chi connectivity index (χ0n) is 13.2. The van der Waals surface area contributed by atoms with Crippen LogP contribution >= 0.6 is 23.4 Å². The first-order valence-corrected chi connectivity index (χ1v) is 9.28. The van der Waals surface area contributed by atoms with Crippen molar-refractivity contribution < 1.29 is 0 Å². The van der Waals surface area contributed by atoms with Gasteiger partial charge in [0.15, 0.2) is 0 Å². The lowest BCUT2D eigenvalue weighted by Gasteiger charge is -2.34. The Kier molecular flexibility index (Phi) is 5.47. The number of nitrogens with zero attached hydrogens (tertiary/aromatic N) is 3. The molecule has 23 heavy (non-hydrogen) atoms. The van der Waals surface area contributed by atoms with E-state index in [-0.39, 0.29) is 0 Å². The van der Waals surface area contributed by atoms with Gasteiger partial charge >= 0.3 is 0 Å². The second-order valence-electron chi connectivity index (χ2n) is 5.43. The van der Waals surface area contributed by atoms with Gasteiger partial charge in [-0.15, -0.1) is 11.8 Å². The smallest absolute Gasteiger partial charge is 0.0542 e. The summed E-state index contributed by atoms with van der Waals surface area (Å²) in [6.45, 7) is 3.82. The second kappa shape index (κ2) is 7.75. The normalized spacial score (nSPS) is 15.4. The summed E-state index contributed by atoms with van der Waals surface area (Å²) in [5.74, 6) is 0. The van der Waals surface area contributed by atoms with E-state index in [2.05, 4.69) is 57.7 Å². The van der Waals surface area contributed by atoms with Crippen LogP contribution in [0.15, 0.2) is 58.5 Å². The van der Waals surface area contributed by atoms with Gasteiger partial charge in [-0.3, -0.25) is 5.01 Å². The molecule has 1 heterocycles. The molecule has 2 aromatic rings. The Morgan fingerprint density at radius 2 is 1.61 bits per heavy atom. The topological polar surface area (TPSA) is 18.8 Å². The zero-order chi connectivity index (χ0) is 16.1. The third kappa shape index (κ3) is 4.43. The molecular weight excluding hydrogens is 326 g/mol. The summed E-state index contributed by atoms with van der Waals surface area (Å²) in [7, 11) is 0. The number of hydrogen-bond donors (Lipinski definition) is 0. The zero-order valence-corrected chi connectivity index (χ0v) is 14.7. The number of anilines is 1. The molecule has 0 unspecified atom stereocenters. The lowest BCUT2D eigenvalue weighted by Crippen LogP contribution is -2.44. The fourth-order valence-electron chi connectivity index (χ4n) is 2.56. The molecule has 1 aliphatic rings. The van der Waals surface area contributed by atoms with Crippen LogP contribution in [0.3, 0.4) is 0 Å². The van der Waals surface area contributed by atoms with Crippen LogP contribution in [0.1, 0.15) is 5.56 Å². The molecule has 0 amide bonds. The molecule has 1 saturated heterocycles. The molecule has 5 heteroatoms. The van der Waals surface area contributed by atoms with Crippen LogP contribution in [-0.4, -0.2) is 43.7 Å². The number of thioether (sulfide) groups is 1. The summed E-state index contributed by atoms with van der Waals surface area (Å²) in [6.07, 6.45) is 4.03. The minimum Gasteiger partial charge on any atom is -0.368 e. The van der Waals surface area contributed by atoms with Gasteiger partial charge in [0.25, 0.3) is 0 Å². The highest BCUT2D eigenvalue weighted by Crippen LogP contribution is 2.19. The van der Waals surface area contributed by atoms with Crippen molar-refractivity contribution in [1.29, 1.82) is 0 Å². The minimum atomic E-state index is 0.782. The highest BCUT2D eigenvalue weighted by Gasteiger charge is 2.15. The molecule has 0 aromatic heterocycles. The molecule has 0 N–H and O–H groups in total. The van der Waals surface area contributed by atoms with Gasteiger partial charge in [0, 0.05) is 28.7 Å². The van der Waals surface area contributed by atoms with E-state index >= 15 is 0 Å². The van der Waals surface area contributed by atoms with Crippen molar-refractivity contribution in [2.24, 2.45) is 5.10 Å². The van der Waals surface area contributed by atoms with Gasteiger partial charge in [0.1, 0.15) is 0 Å². The van der Waals surface area contributed by atoms with E-state index < -0.39 is 0 Å². The lowest BCUT2D eigenvalue weighted by molar-refractivity contribution is 0.272. The molecule has 0 atom stereocenters. The SMILES string of the molecule is CSc1ccc(/C=N\N2CCN(c3ccc(Cl)cc3)CC2)cc1. The fraction of sp³-hybridized carbons (Fsp3) is 0.278. The average Bonchev–Trinajstić information content (AvgIpc) is 2.61. The monoisotopic (exact) mass is 345 g/mol. The van der Waals surface area contributed by atoms with Gasteiger partial charge in [0.2, 0.25) is 0 Å². The van der Waals surface area contributed by atoms with Crippen molar-refractivity contribution in [3.63, 3.8) is 0 Å². The first-order valence-electron chi connectivity index (χ1n) is 7.68. The number of rotatable bonds is 4. The molecule has 3 rings (SSSR count). The van der Waals surface area contributed by atoms with E-state index in [1.807, 2.05) is 18.3 Å². The van der Waals surface area contributed by atoms with Gasteiger partial charge in [0.05, 0.1) is 19.3 Å². The average molecular weight is 346 g/mol. The van der Waals surface area contributed by atoms with Gasteiger partial charge < -0.3 is 4.90 Å². The largest absolute Gasteiger partial charge is 0.368 e. The lowest BCUT2D eigenvalue weighted by atomic mass is 10.2. The maximum atomic E-state index is 5.95. The summed E-state index contributed by atoms with van der Waals surface area (Å²) in [5.41, 5.74) is 2.37. The van der Waals surface area contributed by atoms with Gasteiger partial charge in [-0.25, -0.2) is 0 Å². The van der Waals surface area contributed by atoms with Crippen molar-refractivity contribution in [2.75, 3.05) is 37.3 Å². The molecule has 3 nitrogen and oxygen atoms in total. The quantitative estimate of drug-likeness (QED) is 0.610. The summed E-state index contributed by atoms with van der Waals surface area (Å²) in [5, 5.41) is 7.52. The van der Waals surface area contributed by atoms with Crippen LogP contribution in [0.4, 0.5) is 5.69 Å². The molecule has 0 bridgehead atoms. The number of hydrazone groups is 1. The van der Waals surface area contributed by atoms with Gasteiger partial charge in [-0.2, -0.15) is 5.10 Å². The standard InChI is InChI=1S/C18H20ClN3S/c1-23-18-8-2-15(3-9-18)14-20-22-12-10-21(11-13-22)17-6-4-16(19)5-7-17/h2-9,14H,10-13H2,1H3/b20-14-. The predicted molar refractivity (Wildman–Crippen MR) is 101 cm³/mol. The highest BCUT2D eigenvalue weighted by molar-refractivity contribution is 7.98. The summed E-state index contributed by atoms with van der Waals surface area (Å²) < 4.78 is 0. The molecule has 0 radical (unpaired) electrons. The van der Waals surface area contributed by atoms with Crippen molar-refractivity contribution in [3.05, 3.63) is 59.1 Å². The summed E-state index contributed by atoms with van der Waals surface area (Å²) >= 11 is 7.70. The molecular formula is C18H20ClN3S. The fourth-order valence-corrected chi connectivity index (χ4v) is 3.09. The first kappa shape index (κ1) is 16.2. The van der Waals surface area contributed by atoms with Crippen molar-refractivity contribution in [2.45, 2.75) is 4.90 Å². The van der Waals surface area contributed by atoms with Crippen LogP contribution < -0.4 is 4.90 Å². The maximum absolute atomic E-state index is 5.95. The molecule has 1 aliphatic heterocycles. The Morgan fingerprint density at radius 1 is 0.957 bits per heavy atom. The first-order chi connectivity index (χ1) is 11.2. The second-order valence-corrected chi connectivity index (χ2v) is 6.75. The number of benzene rings is 2. The van der Waals surface area contributed by atoms with Crippen molar-refractivity contribution in [3.8, 4) is 0 Å². The van der Waals surface area contributed by atoms with Gasteiger partial charge in [-0.1, -0.05) is 23.7 Å². The van der Waals surface area contributed by atoms with Crippen LogP contribution in [-0.2, 0) is 0 Å². The van der Waals surface area contributed by atoms with E-state index in [0.717, 1.165) is 36.8 Å². The Morgan fingerprint density at radius 3 is 2.22 bits per heavy atom. The van der Waals surface area contributed by atoms with Gasteiger partial charge in [-0.05, 0) is 48.2 Å². The van der Waals surface area contributed by atoms with E-state index in [1.165, 1.54) is 10.6 Å². The Labute approximate surface area is 146 Å². The Bertz CT molecular complexity index is 647. The van der Waals surface area contributed by atoms with E-state index in [0.29, 0.717) is 0 Å². The number of hydrogen-bond acceptors (Lipinski definition) is 4. The van der Waals surface area contributed by atoms with Crippen molar-refractivity contribution in [1.82, 2.24) is 5.01 Å². The molecule has 0 spiro atoms. The molecule has 120 valence electrons. The van der Waals surface area contributed by atoms with Crippen LogP contribution in [0.5, 0.6) is 0 Å². The molecule has 1 fully saturated rings. The maximum Gasteiger partial charge on any atom is 0.0542 e. The summed E-state index contributed by atoms with van der Waals surface area (Å²) in [6, 6.07) is 16.5. The van der Waals surface area contributed by atoms with E-state index in [4.69, 9.17) is 11.6 Å². The number of piperazine rings is 1. The molecule has 2 aromatic carbocycles. The molecule has 0 aliphatic carbocycles. The third-order valence-corrected chi connectivity index (χ3v) is 4.93. The van der Waals surface area contributed by atoms with Crippen LogP contribution in [0.25, 0.3) is 0 Å². The third-order valence-electron chi connectivity index (χ3n) is 3.93. The van der Waals surface area contributed by atoms with E-state index in [1.54, 1.807) is 11.8 Å². The highest BCUT2D eigenvalue weighted by atomic mass is 35.5.